The molecule has 0 bridgehead atoms. The van der Waals surface area contributed by atoms with Crippen molar-refractivity contribution in [1.82, 2.24) is 0 Å². The highest BCUT2D eigenvalue weighted by Crippen LogP contribution is 2.33. The van der Waals surface area contributed by atoms with Crippen molar-refractivity contribution < 1.29 is 23.4 Å². The minimum Gasteiger partial charge on any atom is -0.390 e. The summed E-state index contributed by atoms with van der Waals surface area (Å²) in [6.45, 7) is 0. The zero-order valence-electron chi connectivity index (χ0n) is 9.26. The average molecular weight is 240 g/mol. The summed E-state index contributed by atoms with van der Waals surface area (Å²) >= 11 is 0. The molecule has 1 atom stereocenters. The molecule has 0 aromatic heterocycles. The van der Waals surface area contributed by atoms with E-state index in [1.165, 1.54) is 0 Å². The van der Waals surface area contributed by atoms with Crippen molar-refractivity contribution in [1.29, 1.82) is 0 Å². The van der Waals surface area contributed by atoms with Crippen LogP contribution in [0, 0.1) is 0 Å². The Bertz CT molecular complexity index is 208. The molecule has 0 amide bonds. The van der Waals surface area contributed by atoms with Crippen LogP contribution >= 0.6 is 0 Å². The van der Waals surface area contributed by atoms with Crippen LogP contribution in [-0.2, 0) is 0 Å². The van der Waals surface area contributed by atoms with Crippen LogP contribution in [0.3, 0.4) is 0 Å². The summed E-state index contributed by atoms with van der Waals surface area (Å²) in [4.78, 5) is 0. The summed E-state index contributed by atoms with van der Waals surface area (Å²) < 4.78 is 36.0. The normalized spacial score (nSPS) is 23.8. The third-order valence-electron chi connectivity index (χ3n) is 3.29. The second-order valence-electron chi connectivity index (χ2n) is 4.69. The Hall–Kier alpha value is -0.290. The van der Waals surface area contributed by atoms with Crippen LogP contribution < -0.4 is 0 Å². The van der Waals surface area contributed by atoms with E-state index in [0.717, 1.165) is 25.7 Å². The molecule has 1 saturated carbocycles. The van der Waals surface area contributed by atoms with Crippen LogP contribution in [0.25, 0.3) is 0 Å². The predicted molar refractivity (Wildman–Crippen MR) is 53.9 cm³/mol. The Balaban J connectivity index is 2.46. The third kappa shape index (κ3) is 4.29. The fourth-order valence-electron chi connectivity index (χ4n) is 2.24. The first-order valence-corrected chi connectivity index (χ1v) is 5.81. The molecule has 0 heterocycles. The molecule has 1 aliphatic rings. The molecule has 1 unspecified atom stereocenters. The fourth-order valence-corrected chi connectivity index (χ4v) is 2.24. The van der Waals surface area contributed by atoms with Gasteiger partial charge in [-0.2, -0.15) is 13.2 Å². The molecular weight excluding hydrogens is 221 g/mol. The van der Waals surface area contributed by atoms with Gasteiger partial charge < -0.3 is 10.2 Å². The number of aliphatic hydroxyl groups is 2. The molecule has 2 N–H and O–H groups in total. The number of aliphatic hydroxyl groups excluding tert-OH is 1. The minimum absolute atomic E-state index is 0.403. The maximum Gasteiger partial charge on any atom is 0.389 e. The second kappa shape index (κ2) is 5.36. The molecule has 0 aromatic carbocycles. The Morgan fingerprint density at radius 1 is 1.06 bits per heavy atom. The van der Waals surface area contributed by atoms with Crippen LogP contribution in [0.1, 0.15) is 51.4 Å². The molecular formula is C11H19F3O2. The van der Waals surface area contributed by atoms with Crippen molar-refractivity contribution >= 4 is 0 Å². The van der Waals surface area contributed by atoms with Crippen LogP contribution in [0.15, 0.2) is 0 Å². The SMILES string of the molecule is OC(CCC(F)(F)F)C1(O)CCCCCC1. The van der Waals surface area contributed by atoms with E-state index in [4.69, 9.17) is 0 Å². The van der Waals surface area contributed by atoms with Gasteiger partial charge in [0.05, 0.1) is 11.7 Å². The number of rotatable bonds is 3. The Morgan fingerprint density at radius 3 is 2.00 bits per heavy atom. The lowest BCUT2D eigenvalue weighted by molar-refractivity contribution is -0.152. The highest BCUT2D eigenvalue weighted by atomic mass is 19.4. The molecule has 1 rings (SSSR count). The van der Waals surface area contributed by atoms with E-state index in [9.17, 15) is 23.4 Å². The molecule has 1 fully saturated rings. The van der Waals surface area contributed by atoms with Crippen LogP contribution in [0.5, 0.6) is 0 Å². The van der Waals surface area contributed by atoms with Gasteiger partial charge in [-0.1, -0.05) is 25.7 Å². The van der Waals surface area contributed by atoms with Crippen molar-refractivity contribution in [3.8, 4) is 0 Å². The number of alkyl halides is 3. The largest absolute Gasteiger partial charge is 0.390 e. The maximum atomic E-state index is 12.0. The lowest BCUT2D eigenvalue weighted by atomic mass is 9.86. The van der Waals surface area contributed by atoms with Gasteiger partial charge in [0.1, 0.15) is 0 Å². The zero-order valence-corrected chi connectivity index (χ0v) is 9.26. The first-order valence-electron chi connectivity index (χ1n) is 5.81. The van der Waals surface area contributed by atoms with Gasteiger partial charge in [-0.15, -0.1) is 0 Å². The van der Waals surface area contributed by atoms with Crippen molar-refractivity contribution in [3.63, 3.8) is 0 Å². The summed E-state index contributed by atoms with van der Waals surface area (Å²) in [5.74, 6) is 0. The third-order valence-corrected chi connectivity index (χ3v) is 3.29. The van der Waals surface area contributed by atoms with Crippen molar-refractivity contribution in [2.45, 2.75) is 69.2 Å². The smallest absolute Gasteiger partial charge is 0.389 e. The molecule has 5 heteroatoms. The Kier molecular flexibility index (Phi) is 4.62. The highest BCUT2D eigenvalue weighted by Gasteiger charge is 2.38. The fraction of sp³-hybridized carbons (Fsp3) is 1.00. The molecule has 96 valence electrons. The monoisotopic (exact) mass is 240 g/mol. The van der Waals surface area contributed by atoms with Crippen molar-refractivity contribution in [2.75, 3.05) is 0 Å². The Labute approximate surface area is 93.5 Å². The quantitative estimate of drug-likeness (QED) is 0.745. The second-order valence-corrected chi connectivity index (χ2v) is 4.69. The Morgan fingerprint density at radius 2 is 1.56 bits per heavy atom. The molecule has 0 saturated heterocycles. The molecule has 16 heavy (non-hydrogen) atoms. The topological polar surface area (TPSA) is 40.5 Å². The van der Waals surface area contributed by atoms with Gasteiger partial charge in [-0.05, 0) is 19.3 Å². The van der Waals surface area contributed by atoms with E-state index >= 15 is 0 Å². The summed E-state index contributed by atoms with van der Waals surface area (Å²) in [6.07, 6.45) is -2.62. The van der Waals surface area contributed by atoms with E-state index in [1.54, 1.807) is 0 Å². The molecule has 0 aromatic rings. The van der Waals surface area contributed by atoms with E-state index in [2.05, 4.69) is 0 Å². The highest BCUT2D eigenvalue weighted by molar-refractivity contribution is 4.88. The van der Waals surface area contributed by atoms with E-state index in [0.29, 0.717) is 12.8 Å². The lowest BCUT2D eigenvalue weighted by Gasteiger charge is -2.32. The number of hydrogen-bond donors (Lipinski definition) is 2. The van der Waals surface area contributed by atoms with Gasteiger partial charge in [-0.25, -0.2) is 0 Å². The van der Waals surface area contributed by atoms with E-state index < -0.39 is 30.7 Å². The van der Waals surface area contributed by atoms with Gasteiger partial charge in [0, 0.05) is 6.42 Å². The first-order chi connectivity index (χ1) is 7.33. The molecule has 2 nitrogen and oxygen atoms in total. The van der Waals surface area contributed by atoms with Gasteiger partial charge in [-0.3, -0.25) is 0 Å². The number of hydrogen-bond acceptors (Lipinski definition) is 2. The molecule has 0 spiro atoms. The summed E-state index contributed by atoms with van der Waals surface area (Å²) in [7, 11) is 0. The summed E-state index contributed by atoms with van der Waals surface area (Å²) in [6, 6.07) is 0. The molecule has 1 aliphatic carbocycles. The van der Waals surface area contributed by atoms with Gasteiger partial charge in [0.2, 0.25) is 0 Å². The van der Waals surface area contributed by atoms with Crippen molar-refractivity contribution in [2.24, 2.45) is 0 Å². The van der Waals surface area contributed by atoms with Gasteiger partial charge >= 0.3 is 6.18 Å². The average Bonchev–Trinajstić information content (AvgIpc) is 2.39. The predicted octanol–water partition coefficient (Wildman–Crippen LogP) is 2.78. The van der Waals surface area contributed by atoms with Crippen molar-refractivity contribution in [3.05, 3.63) is 0 Å². The van der Waals surface area contributed by atoms with Crippen LogP contribution in [0.2, 0.25) is 0 Å². The molecule has 0 radical (unpaired) electrons. The van der Waals surface area contributed by atoms with Gasteiger partial charge in [0.25, 0.3) is 0 Å². The van der Waals surface area contributed by atoms with Crippen LogP contribution in [-0.4, -0.2) is 28.1 Å². The van der Waals surface area contributed by atoms with E-state index in [-0.39, 0.29) is 0 Å². The maximum absolute atomic E-state index is 12.0. The van der Waals surface area contributed by atoms with Crippen LogP contribution in [0.4, 0.5) is 13.2 Å². The minimum atomic E-state index is -4.26. The standard InChI is InChI=1S/C11H19F3O2/c12-11(13,14)8-5-9(15)10(16)6-3-1-2-4-7-10/h9,15-16H,1-8H2. The molecule has 0 aliphatic heterocycles. The van der Waals surface area contributed by atoms with Gasteiger partial charge in [0.15, 0.2) is 0 Å². The summed E-state index contributed by atoms with van der Waals surface area (Å²) in [5.41, 5.74) is -1.30. The first kappa shape index (κ1) is 13.8. The van der Waals surface area contributed by atoms with E-state index in [1.807, 2.05) is 0 Å². The lowest BCUT2D eigenvalue weighted by Crippen LogP contribution is -2.42. The summed E-state index contributed by atoms with van der Waals surface area (Å²) in [5, 5.41) is 19.8. The zero-order chi connectivity index (χ0) is 12.2. The number of halogens is 3.